The number of methoxy groups -OCH3 is 1. The van der Waals surface area contributed by atoms with Crippen molar-refractivity contribution in [1.29, 1.82) is 0 Å². The molecule has 1 atom stereocenters. The van der Waals surface area contributed by atoms with Crippen molar-refractivity contribution in [2.75, 3.05) is 13.7 Å². The Morgan fingerprint density at radius 3 is 2.15 bits per heavy atom. The number of esters is 2. The van der Waals surface area contributed by atoms with Crippen LogP contribution in [0.5, 0.6) is 0 Å². The molecule has 1 unspecified atom stereocenters. The summed E-state index contributed by atoms with van der Waals surface area (Å²) in [6, 6.07) is 6.39. The third-order valence-corrected chi connectivity index (χ3v) is 5.01. The van der Waals surface area contributed by atoms with Gasteiger partial charge in [-0.1, -0.05) is 80.3 Å². The maximum absolute atomic E-state index is 12.1. The Labute approximate surface area is 165 Å². The van der Waals surface area contributed by atoms with Gasteiger partial charge in [-0.2, -0.15) is 0 Å². The van der Waals surface area contributed by atoms with Gasteiger partial charge < -0.3 is 9.47 Å². The highest BCUT2D eigenvalue weighted by Gasteiger charge is 2.13. The monoisotopic (exact) mass is 426 g/mol. The van der Waals surface area contributed by atoms with Gasteiger partial charge in [0.15, 0.2) is 0 Å². The van der Waals surface area contributed by atoms with Crippen LogP contribution in [0.3, 0.4) is 0 Å². The SMILES string of the molecule is CCCCCCCCCCC(Br)COC(=O)c1cccc(C(=O)OC)c1. The minimum absolute atomic E-state index is 0.162. The molecule has 0 aliphatic heterocycles. The molecule has 0 bridgehead atoms. The highest BCUT2D eigenvalue weighted by atomic mass is 79.9. The minimum Gasteiger partial charge on any atom is -0.465 e. The van der Waals surface area contributed by atoms with Crippen molar-refractivity contribution < 1.29 is 19.1 Å². The summed E-state index contributed by atoms with van der Waals surface area (Å²) in [7, 11) is 1.31. The number of benzene rings is 1. The van der Waals surface area contributed by atoms with Crippen LogP contribution in [0, 0.1) is 0 Å². The molecule has 0 saturated heterocycles. The molecule has 4 nitrogen and oxygen atoms in total. The molecular weight excluding hydrogens is 396 g/mol. The number of hydrogen-bond acceptors (Lipinski definition) is 4. The molecule has 0 aromatic heterocycles. The number of unbranched alkanes of at least 4 members (excludes halogenated alkanes) is 7. The Bertz CT molecular complexity index is 545. The van der Waals surface area contributed by atoms with Crippen molar-refractivity contribution in [3.8, 4) is 0 Å². The molecule has 1 aromatic rings. The van der Waals surface area contributed by atoms with Gasteiger partial charge in [0.2, 0.25) is 0 Å². The first-order valence-electron chi connectivity index (χ1n) is 9.58. The summed E-state index contributed by atoms with van der Waals surface area (Å²) >= 11 is 3.58. The lowest BCUT2D eigenvalue weighted by molar-refractivity contribution is 0.0505. The number of rotatable bonds is 13. The van der Waals surface area contributed by atoms with Gasteiger partial charge in [-0.3, -0.25) is 0 Å². The van der Waals surface area contributed by atoms with Gasteiger partial charge in [0.05, 0.1) is 18.2 Å². The Kier molecular flexibility index (Phi) is 12.0. The van der Waals surface area contributed by atoms with E-state index >= 15 is 0 Å². The molecule has 0 amide bonds. The molecule has 0 N–H and O–H groups in total. The van der Waals surface area contributed by atoms with Gasteiger partial charge in [-0.25, -0.2) is 9.59 Å². The first-order valence-corrected chi connectivity index (χ1v) is 10.5. The number of carbonyl (C=O) groups is 2. The van der Waals surface area contributed by atoms with E-state index in [9.17, 15) is 9.59 Å². The van der Waals surface area contributed by atoms with E-state index in [-0.39, 0.29) is 4.83 Å². The van der Waals surface area contributed by atoms with Gasteiger partial charge in [0, 0.05) is 4.83 Å². The summed E-state index contributed by atoms with van der Waals surface area (Å²) < 4.78 is 10.0. The van der Waals surface area contributed by atoms with Gasteiger partial charge in [0.25, 0.3) is 0 Å². The predicted molar refractivity (Wildman–Crippen MR) is 108 cm³/mol. The molecule has 1 rings (SSSR count). The minimum atomic E-state index is -0.465. The Morgan fingerprint density at radius 1 is 0.962 bits per heavy atom. The van der Waals surface area contributed by atoms with E-state index in [1.807, 2.05) is 0 Å². The molecule has 1 aromatic carbocycles. The van der Waals surface area contributed by atoms with Gasteiger partial charge in [-0.15, -0.1) is 0 Å². The second-order valence-electron chi connectivity index (χ2n) is 6.53. The van der Waals surface area contributed by atoms with Crippen molar-refractivity contribution in [2.45, 2.75) is 69.5 Å². The quantitative estimate of drug-likeness (QED) is 0.223. The molecule has 146 valence electrons. The Balaban J connectivity index is 2.21. The summed E-state index contributed by atoms with van der Waals surface area (Å²) in [6.07, 6.45) is 11.3. The molecule has 0 spiro atoms. The largest absolute Gasteiger partial charge is 0.465 e. The van der Waals surface area contributed by atoms with Crippen LogP contribution in [0.1, 0.15) is 85.4 Å². The Hall–Kier alpha value is -1.36. The summed E-state index contributed by atoms with van der Waals surface area (Å²) in [4.78, 5) is 23.8. The van der Waals surface area contributed by atoms with Crippen LogP contribution in [0.2, 0.25) is 0 Å². The van der Waals surface area contributed by atoms with E-state index in [0.717, 1.165) is 12.8 Å². The highest BCUT2D eigenvalue weighted by molar-refractivity contribution is 9.09. The normalized spacial score (nSPS) is 11.8. The van der Waals surface area contributed by atoms with Crippen molar-refractivity contribution in [3.05, 3.63) is 35.4 Å². The average molecular weight is 427 g/mol. The molecule has 26 heavy (non-hydrogen) atoms. The van der Waals surface area contributed by atoms with Crippen LogP contribution >= 0.6 is 15.9 Å². The van der Waals surface area contributed by atoms with Crippen LogP contribution in [-0.4, -0.2) is 30.5 Å². The third kappa shape index (κ3) is 9.37. The summed E-state index contributed by atoms with van der Waals surface area (Å²) in [5, 5.41) is 0. The van der Waals surface area contributed by atoms with Gasteiger partial charge in [0.1, 0.15) is 6.61 Å². The maximum atomic E-state index is 12.1. The number of hydrogen-bond donors (Lipinski definition) is 0. The van der Waals surface area contributed by atoms with Crippen LogP contribution in [0.25, 0.3) is 0 Å². The first-order chi connectivity index (χ1) is 12.6. The molecule has 0 aliphatic rings. The molecule has 0 heterocycles. The lowest BCUT2D eigenvalue weighted by Gasteiger charge is -2.11. The fraction of sp³-hybridized carbons (Fsp3) is 0.619. The maximum Gasteiger partial charge on any atom is 0.338 e. The van der Waals surface area contributed by atoms with E-state index < -0.39 is 11.9 Å². The topological polar surface area (TPSA) is 52.6 Å². The molecule has 0 fully saturated rings. The van der Waals surface area contributed by atoms with E-state index in [1.165, 1.54) is 58.1 Å². The van der Waals surface area contributed by atoms with Crippen molar-refractivity contribution in [2.24, 2.45) is 0 Å². The predicted octanol–water partition coefficient (Wildman–Crippen LogP) is 5.92. The van der Waals surface area contributed by atoms with Gasteiger partial charge >= 0.3 is 11.9 Å². The number of halogens is 1. The lowest BCUT2D eigenvalue weighted by Crippen LogP contribution is -2.14. The van der Waals surface area contributed by atoms with Gasteiger partial charge in [-0.05, 0) is 24.6 Å². The van der Waals surface area contributed by atoms with Crippen LogP contribution in [0.15, 0.2) is 24.3 Å². The third-order valence-electron chi connectivity index (χ3n) is 4.29. The van der Waals surface area contributed by atoms with Crippen LogP contribution in [-0.2, 0) is 9.47 Å². The van der Waals surface area contributed by atoms with Crippen molar-refractivity contribution in [3.63, 3.8) is 0 Å². The summed E-state index contributed by atoms with van der Waals surface area (Å²) in [6.45, 7) is 2.57. The fourth-order valence-corrected chi connectivity index (χ4v) is 3.18. The van der Waals surface area contributed by atoms with Crippen LogP contribution < -0.4 is 0 Å². The molecule has 0 aliphatic carbocycles. The zero-order chi connectivity index (χ0) is 19.2. The van der Waals surface area contributed by atoms with E-state index in [4.69, 9.17) is 4.74 Å². The van der Waals surface area contributed by atoms with Crippen LogP contribution in [0.4, 0.5) is 0 Å². The zero-order valence-electron chi connectivity index (χ0n) is 16.0. The van der Waals surface area contributed by atoms with E-state index in [2.05, 4.69) is 27.6 Å². The summed E-state index contributed by atoms with van der Waals surface area (Å²) in [5.41, 5.74) is 0.705. The zero-order valence-corrected chi connectivity index (χ0v) is 17.6. The van der Waals surface area contributed by atoms with E-state index in [1.54, 1.807) is 18.2 Å². The number of carbonyl (C=O) groups excluding carboxylic acids is 2. The van der Waals surface area contributed by atoms with E-state index in [0.29, 0.717) is 17.7 Å². The molecular formula is C21H31BrO4. The fourth-order valence-electron chi connectivity index (χ4n) is 2.72. The van der Waals surface area contributed by atoms with Crippen molar-refractivity contribution >= 4 is 27.9 Å². The molecule has 5 heteroatoms. The first kappa shape index (κ1) is 22.7. The average Bonchev–Trinajstić information content (AvgIpc) is 2.67. The molecule has 0 saturated carbocycles. The number of ether oxygens (including phenoxy) is 2. The standard InChI is InChI=1S/C21H31BrO4/c1-3-4-5-6-7-8-9-10-14-19(22)16-26-21(24)18-13-11-12-17(15-18)20(23)25-2/h11-13,15,19H,3-10,14,16H2,1-2H3. The second kappa shape index (κ2) is 13.8. The Morgan fingerprint density at radius 2 is 1.54 bits per heavy atom. The molecule has 0 radical (unpaired) electrons. The number of alkyl halides is 1. The van der Waals surface area contributed by atoms with Crippen molar-refractivity contribution in [1.82, 2.24) is 0 Å². The highest BCUT2D eigenvalue weighted by Crippen LogP contribution is 2.15. The summed E-state index contributed by atoms with van der Waals surface area (Å²) in [5.74, 6) is -0.885. The lowest BCUT2D eigenvalue weighted by atomic mass is 10.1. The smallest absolute Gasteiger partial charge is 0.338 e. The second-order valence-corrected chi connectivity index (χ2v) is 7.83.